The van der Waals surface area contributed by atoms with Crippen molar-refractivity contribution in [3.05, 3.63) is 49.3 Å². The van der Waals surface area contributed by atoms with Crippen LogP contribution in [-0.2, 0) is 15.9 Å². The van der Waals surface area contributed by atoms with Crippen molar-refractivity contribution >= 4 is 54.9 Å². The number of benzene rings is 5. The first-order chi connectivity index (χ1) is 22.8. The van der Waals surface area contributed by atoms with Crippen LogP contribution in [0.1, 0.15) is 18.1 Å². The van der Waals surface area contributed by atoms with Crippen LogP contribution in [0, 0.1) is 0 Å². The van der Waals surface area contributed by atoms with E-state index in [0.29, 0.717) is 95.0 Å². The first-order valence-electron chi connectivity index (χ1n) is 15.4. The van der Waals surface area contributed by atoms with Gasteiger partial charge in [-0.25, -0.2) is 0 Å². The normalized spacial score (nSPS) is 12.8. The van der Waals surface area contributed by atoms with Crippen LogP contribution < -0.4 is 35.7 Å². The molecule has 5 N–H and O–H groups in total. The van der Waals surface area contributed by atoms with Crippen molar-refractivity contribution in [1.29, 1.82) is 0 Å². The maximum atomic E-state index is 13.8. The topological polar surface area (TPSA) is 165 Å². The molecular formula is C35H38N2O10. The van der Waals surface area contributed by atoms with E-state index in [1.807, 2.05) is 13.0 Å². The van der Waals surface area contributed by atoms with Crippen LogP contribution in [0.25, 0.3) is 49.2 Å². The minimum Gasteiger partial charge on any atom is -0.505 e. The molecule has 0 unspecified atom stereocenters. The number of aliphatic hydroxyl groups excluding tert-OH is 1. The van der Waals surface area contributed by atoms with Crippen molar-refractivity contribution in [3.8, 4) is 28.7 Å². The molecule has 12 heteroatoms. The molecular weight excluding hydrogens is 608 g/mol. The third-order valence-electron chi connectivity index (χ3n) is 8.67. The van der Waals surface area contributed by atoms with Gasteiger partial charge in [-0.3, -0.25) is 9.59 Å². The molecule has 0 atom stereocenters. The highest BCUT2D eigenvalue weighted by molar-refractivity contribution is 6.39. The van der Waals surface area contributed by atoms with Gasteiger partial charge in [-0.15, -0.1) is 0 Å². The van der Waals surface area contributed by atoms with Crippen molar-refractivity contribution < 1.29 is 39.0 Å². The van der Waals surface area contributed by atoms with E-state index >= 15 is 0 Å². The van der Waals surface area contributed by atoms with Crippen molar-refractivity contribution in [3.63, 3.8) is 0 Å². The van der Waals surface area contributed by atoms with E-state index in [-0.39, 0.29) is 52.7 Å². The van der Waals surface area contributed by atoms with E-state index in [9.17, 15) is 19.8 Å². The van der Waals surface area contributed by atoms with Gasteiger partial charge >= 0.3 is 0 Å². The van der Waals surface area contributed by atoms with Crippen LogP contribution in [0.3, 0.4) is 0 Å². The molecule has 6 rings (SSSR count). The number of phenols is 2. The number of hydrogen-bond acceptors (Lipinski definition) is 12. The molecule has 0 fully saturated rings. The van der Waals surface area contributed by atoms with Crippen molar-refractivity contribution in [2.24, 2.45) is 0 Å². The van der Waals surface area contributed by atoms with Crippen LogP contribution >= 0.6 is 0 Å². The monoisotopic (exact) mass is 646 g/mol. The molecule has 248 valence electrons. The maximum absolute atomic E-state index is 13.8. The fourth-order valence-corrected chi connectivity index (χ4v) is 6.85. The van der Waals surface area contributed by atoms with E-state index in [4.69, 9.17) is 28.8 Å². The number of allylic oxidation sites excluding steroid dienone is 1. The fourth-order valence-electron chi connectivity index (χ4n) is 6.85. The summed E-state index contributed by atoms with van der Waals surface area (Å²) in [5.74, 6) is 0.216. The number of rotatable bonds is 15. The zero-order chi connectivity index (χ0) is 33.4. The molecule has 1 aliphatic rings. The van der Waals surface area contributed by atoms with E-state index in [1.165, 1.54) is 33.5 Å². The lowest BCUT2D eigenvalue weighted by Gasteiger charge is -2.24. The Morgan fingerprint density at radius 3 is 1.94 bits per heavy atom. The van der Waals surface area contributed by atoms with E-state index in [2.05, 4.69) is 10.6 Å². The van der Waals surface area contributed by atoms with E-state index in [1.54, 1.807) is 0 Å². The average Bonchev–Trinajstić information content (AvgIpc) is 3.20. The van der Waals surface area contributed by atoms with E-state index < -0.39 is 10.9 Å². The Bertz CT molecular complexity index is 2130. The zero-order valence-electron chi connectivity index (χ0n) is 26.8. The molecule has 0 aliphatic heterocycles. The zero-order valence-corrected chi connectivity index (χ0v) is 26.8. The Morgan fingerprint density at radius 1 is 0.702 bits per heavy atom. The van der Waals surface area contributed by atoms with Gasteiger partial charge in [-0.05, 0) is 18.7 Å². The average molecular weight is 647 g/mol. The molecule has 0 radical (unpaired) electrons. The number of aliphatic hydroxyl groups is 1. The minimum absolute atomic E-state index is 0.0247. The molecule has 0 saturated heterocycles. The predicted molar refractivity (Wildman–Crippen MR) is 182 cm³/mol. The van der Waals surface area contributed by atoms with Crippen molar-refractivity contribution in [1.82, 2.24) is 5.32 Å². The Morgan fingerprint density at radius 2 is 1.32 bits per heavy atom. The number of phenolic OH excluding ortho intramolecular Hbond substituents is 2. The maximum Gasteiger partial charge on any atom is 0.194 e. The second kappa shape index (κ2) is 13.2. The second-order valence-electron chi connectivity index (χ2n) is 11.4. The van der Waals surface area contributed by atoms with Gasteiger partial charge in [-0.1, -0.05) is 11.6 Å². The molecule has 5 aromatic rings. The van der Waals surface area contributed by atoms with Gasteiger partial charge in [-0.2, -0.15) is 0 Å². The van der Waals surface area contributed by atoms with Crippen LogP contribution in [0.5, 0.6) is 28.7 Å². The van der Waals surface area contributed by atoms with Crippen LogP contribution in [-0.4, -0.2) is 89.3 Å². The standard InChI is InChI=1S/C35H38N2O10/c1-17-13-18-24-25-19(14-17)35(45-4)34(42)27-21(40)16-23(44-3)29(31(25)27)28-22(43-2)15-20(39)26(30(24)28)33(41)32(18)37-6-5-36-7-9-46-11-12-47-10-8-38/h13,15-16,36-38,41-42H,5-12,14H2,1-4H3. The molecule has 0 heterocycles. The molecule has 47 heavy (non-hydrogen) atoms. The number of methoxy groups -OCH3 is 3. The van der Waals surface area contributed by atoms with Crippen LogP contribution in [0.4, 0.5) is 5.69 Å². The first kappa shape index (κ1) is 32.3. The molecule has 12 nitrogen and oxygen atoms in total. The lowest BCUT2D eigenvalue weighted by molar-refractivity contribution is 0.0341. The number of aromatic hydroxyl groups is 2. The summed E-state index contributed by atoms with van der Waals surface area (Å²) in [4.78, 5) is 27.4. The predicted octanol–water partition coefficient (Wildman–Crippen LogP) is 3.32. The van der Waals surface area contributed by atoms with Gasteiger partial charge in [0.05, 0.1) is 70.8 Å². The minimum atomic E-state index is -0.446. The van der Waals surface area contributed by atoms with Gasteiger partial charge in [0.25, 0.3) is 0 Å². The summed E-state index contributed by atoms with van der Waals surface area (Å²) < 4.78 is 27.9. The quantitative estimate of drug-likeness (QED) is 0.0489. The largest absolute Gasteiger partial charge is 0.505 e. The molecule has 0 spiro atoms. The fraction of sp³-hybridized carbons (Fsp3) is 0.371. The summed E-state index contributed by atoms with van der Waals surface area (Å²) in [7, 11) is 4.36. The summed E-state index contributed by atoms with van der Waals surface area (Å²) >= 11 is 0. The lowest BCUT2D eigenvalue weighted by Crippen LogP contribution is -2.26. The second-order valence-corrected chi connectivity index (χ2v) is 11.4. The molecule has 1 aliphatic carbocycles. The van der Waals surface area contributed by atoms with E-state index in [0.717, 1.165) is 5.57 Å². The van der Waals surface area contributed by atoms with Crippen molar-refractivity contribution in [2.75, 3.05) is 79.3 Å². The van der Waals surface area contributed by atoms with Crippen LogP contribution in [0.15, 0.2) is 27.3 Å². The first-order valence-corrected chi connectivity index (χ1v) is 15.4. The van der Waals surface area contributed by atoms with Gasteiger partial charge < -0.3 is 49.6 Å². The number of fused-ring (bicyclic) bond motifs is 1. The third kappa shape index (κ3) is 5.27. The highest BCUT2D eigenvalue weighted by Gasteiger charge is 2.33. The Labute approximate surface area is 269 Å². The third-order valence-corrected chi connectivity index (χ3v) is 8.67. The summed E-state index contributed by atoms with van der Waals surface area (Å²) in [5, 5.41) is 42.1. The summed E-state index contributed by atoms with van der Waals surface area (Å²) in [6.07, 6.45) is 2.33. The smallest absolute Gasteiger partial charge is 0.194 e. The summed E-state index contributed by atoms with van der Waals surface area (Å²) in [6, 6.07) is 2.64. The highest BCUT2D eigenvalue weighted by Crippen LogP contribution is 2.56. The number of hydrogen-bond donors (Lipinski definition) is 5. The summed E-state index contributed by atoms with van der Waals surface area (Å²) in [6.45, 7) is 5.02. The lowest BCUT2D eigenvalue weighted by atomic mass is 9.83. The Balaban J connectivity index is 1.56. The molecule has 0 aromatic heterocycles. The Kier molecular flexibility index (Phi) is 9.11. The van der Waals surface area contributed by atoms with Crippen LogP contribution in [0.2, 0.25) is 0 Å². The summed E-state index contributed by atoms with van der Waals surface area (Å²) in [5.41, 5.74) is 1.70. The molecule has 0 amide bonds. The number of anilines is 1. The number of nitrogens with one attached hydrogen (secondary N) is 2. The molecule has 5 aromatic carbocycles. The van der Waals surface area contributed by atoms with Gasteiger partial charge in [0.2, 0.25) is 0 Å². The number of ether oxygens (including phenoxy) is 5. The Hall–Kier alpha value is -4.62. The molecule has 0 saturated carbocycles. The van der Waals surface area contributed by atoms with Crippen molar-refractivity contribution in [2.45, 2.75) is 13.3 Å². The van der Waals surface area contributed by atoms with Gasteiger partial charge in [0.15, 0.2) is 28.1 Å². The molecule has 0 bridgehead atoms. The van der Waals surface area contributed by atoms with Gasteiger partial charge in [0, 0.05) is 69.8 Å². The highest BCUT2D eigenvalue weighted by atomic mass is 16.5. The van der Waals surface area contributed by atoms with Gasteiger partial charge in [0.1, 0.15) is 11.5 Å². The SMILES string of the molecule is COc1c(O)c2c(=O)cc(OC)c3c4c(OC)cc(=O)c5c(O)c(NCCNCCOCCOCCO)c6c(c(c1CC(C)=C6)c23)c54.